The second kappa shape index (κ2) is 5.21. The smallest absolute Gasteiger partial charge is 0.141 e. The molecule has 4 nitrogen and oxygen atoms in total. The van der Waals surface area contributed by atoms with E-state index in [-0.39, 0.29) is 0 Å². The number of hydrogen-bond donors (Lipinski definition) is 1. The highest BCUT2D eigenvalue weighted by Crippen LogP contribution is 2.40. The van der Waals surface area contributed by atoms with E-state index in [2.05, 4.69) is 17.1 Å². The molecule has 0 spiro atoms. The Bertz CT molecular complexity index is 672. The maximum atomic E-state index is 4.83. The van der Waals surface area contributed by atoms with E-state index in [0.717, 1.165) is 24.8 Å². The molecule has 112 valence electrons. The quantitative estimate of drug-likeness (QED) is 0.868. The Labute approximate surface area is 129 Å². The molecule has 2 aliphatic rings. The fourth-order valence-electron chi connectivity index (χ4n) is 3.62. The molecule has 4 rings (SSSR count). The van der Waals surface area contributed by atoms with Crippen LogP contribution in [-0.2, 0) is 12.8 Å². The van der Waals surface area contributed by atoms with Crippen molar-refractivity contribution >= 4 is 27.4 Å². The van der Waals surface area contributed by atoms with Crippen LogP contribution in [-0.4, -0.2) is 36.1 Å². The van der Waals surface area contributed by atoms with Crippen molar-refractivity contribution in [3.63, 3.8) is 0 Å². The number of nitrogens with two attached hydrogens (primary N) is 1. The molecular weight excluding hydrogens is 280 g/mol. The molecule has 1 aliphatic heterocycles. The van der Waals surface area contributed by atoms with Gasteiger partial charge in [0.2, 0.25) is 0 Å². The molecule has 2 aromatic rings. The summed E-state index contributed by atoms with van der Waals surface area (Å²) in [6.07, 6.45) is 3.73. The van der Waals surface area contributed by atoms with Crippen LogP contribution in [0.3, 0.4) is 0 Å². The second-order valence-electron chi connectivity index (χ2n) is 6.48. The lowest BCUT2D eigenvalue weighted by atomic mass is 9.89. The number of thiophene rings is 1. The first kappa shape index (κ1) is 13.5. The molecule has 0 radical (unpaired) electrons. The van der Waals surface area contributed by atoms with Crippen molar-refractivity contribution in [3.05, 3.63) is 16.3 Å². The van der Waals surface area contributed by atoms with E-state index in [0.29, 0.717) is 0 Å². The number of rotatable bonds is 1. The van der Waals surface area contributed by atoms with Gasteiger partial charge in [-0.05, 0) is 37.7 Å². The Morgan fingerprint density at radius 1 is 1.24 bits per heavy atom. The Hall–Kier alpha value is -1.20. The van der Waals surface area contributed by atoms with Gasteiger partial charge in [-0.1, -0.05) is 6.92 Å². The molecule has 0 bridgehead atoms. The molecule has 1 aliphatic carbocycles. The van der Waals surface area contributed by atoms with E-state index in [9.17, 15) is 0 Å². The third-order valence-corrected chi connectivity index (χ3v) is 5.90. The minimum absolute atomic E-state index is 0.813. The highest BCUT2D eigenvalue weighted by atomic mass is 32.1. The van der Waals surface area contributed by atoms with E-state index in [1.54, 1.807) is 10.4 Å². The zero-order valence-electron chi connectivity index (χ0n) is 12.9. The average Bonchev–Trinajstić information content (AvgIpc) is 2.84. The fourth-order valence-corrected chi connectivity index (χ4v) is 5.04. The normalized spacial score (nSPS) is 22.6. The minimum atomic E-state index is 0.813. The van der Waals surface area contributed by atoms with Gasteiger partial charge in [0, 0.05) is 4.88 Å². The van der Waals surface area contributed by atoms with Crippen LogP contribution in [0.15, 0.2) is 0 Å². The zero-order chi connectivity index (χ0) is 14.4. The van der Waals surface area contributed by atoms with E-state index >= 15 is 0 Å². The molecule has 3 heterocycles. The summed E-state index contributed by atoms with van der Waals surface area (Å²) < 4.78 is 0. The Balaban J connectivity index is 1.88. The van der Waals surface area contributed by atoms with Gasteiger partial charge in [-0.15, -0.1) is 11.3 Å². The van der Waals surface area contributed by atoms with Gasteiger partial charge in [-0.2, -0.15) is 0 Å². The van der Waals surface area contributed by atoms with E-state index < -0.39 is 0 Å². The summed E-state index contributed by atoms with van der Waals surface area (Å²) in [6.45, 7) is 8.95. The average molecular weight is 303 g/mol. The van der Waals surface area contributed by atoms with Crippen LogP contribution in [0, 0.1) is 12.8 Å². The molecule has 1 saturated heterocycles. The Morgan fingerprint density at radius 2 is 2.05 bits per heavy atom. The van der Waals surface area contributed by atoms with Crippen molar-refractivity contribution in [2.75, 3.05) is 31.1 Å². The molecule has 21 heavy (non-hydrogen) atoms. The number of aromatic nitrogens is 2. The third-order valence-electron chi connectivity index (χ3n) is 4.75. The van der Waals surface area contributed by atoms with Crippen LogP contribution in [0.5, 0.6) is 0 Å². The van der Waals surface area contributed by atoms with Crippen molar-refractivity contribution in [2.24, 2.45) is 5.92 Å². The SMILES string of the molecule is Cc1nc(N2CC[NH2+]CC2)c2c3c(sc2n1)C[C@H](C)CC3. The van der Waals surface area contributed by atoms with Gasteiger partial charge in [-0.3, -0.25) is 0 Å². The van der Waals surface area contributed by atoms with Crippen LogP contribution in [0.1, 0.15) is 29.6 Å². The molecule has 1 atom stereocenters. The summed E-state index contributed by atoms with van der Waals surface area (Å²) >= 11 is 1.91. The molecule has 5 heteroatoms. The molecule has 2 N–H and O–H groups in total. The van der Waals surface area contributed by atoms with E-state index in [1.807, 2.05) is 18.3 Å². The first-order valence-electron chi connectivity index (χ1n) is 8.08. The first-order valence-corrected chi connectivity index (χ1v) is 8.89. The lowest BCUT2D eigenvalue weighted by molar-refractivity contribution is -0.655. The highest BCUT2D eigenvalue weighted by molar-refractivity contribution is 7.19. The standard InChI is InChI=1S/C16H22N4S/c1-10-3-4-12-13(9-10)21-16-14(12)15(18-11(2)19-16)20-7-5-17-6-8-20/h10,17H,3-9H2,1-2H3/p+1/t10-/m1/s1. The van der Waals surface area contributed by atoms with Gasteiger partial charge in [0.15, 0.2) is 0 Å². The summed E-state index contributed by atoms with van der Waals surface area (Å²) in [7, 11) is 0. The van der Waals surface area contributed by atoms with Gasteiger partial charge < -0.3 is 10.2 Å². The third kappa shape index (κ3) is 2.32. The van der Waals surface area contributed by atoms with Crippen LogP contribution < -0.4 is 10.2 Å². The summed E-state index contributed by atoms with van der Waals surface area (Å²) in [5.74, 6) is 2.93. The molecule has 0 amide bonds. The number of hydrogen-bond acceptors (Lipinski definition) is 4. The summed E-state index contributed by atoms with van der Waals surface area (Å²) in [5.41, 5.74) is 1.55. The summed E-state index contributed by atoms with van der Waals surface area (Å²) in [6, 6.07) is 0. The van der Waals surface area contributed by atoms with Gasteiger partial charge >= 0.3 is 0 Å². The number of piperazine rings is 1. The zero-order valence-corrected chi connectivity index (χ0v) is 13.7. The molecule has 0 aromatic carbocycles. The fraction of sp³-hybridized carbons (Fsp3) is 0.625. The Morgan fingerprint density at radius 3 is 2.86 bits per heavy atom. The largest absolute Gasteiger partial charge is 0.345 e. The number of aryl methyl sites for hydroxylation is 2. The number of quaternary nitrogens is 1. The topological polar surface area (TPSA) is 45.6 Å². The van der Waals surface area contributed by atoms with Crippen LogP contribution in [0.4, 0.5) is 5.82 Å². The number of nitrogens with zero attached hydrogens (tertiary/aromatic N) is 3. The van der Waals surface area contributed by atoms with Crippen LogP contribution in [0.2, 0.25) is 0 Å². The summed E-state index contributed by atoms with van der Waals surface area (Å²) in [4.78, 5) is 14.8. The van der Waals surface area contributed by atoms with Crippen LogP contribution >= 0.6 is 11.3 Å². The summed E-state index contributed by atoms with van der Waals surface area (Å²) in [5, 5.41) is 3.77. The number of anilines is 1. The maximum Gasteiger partial charge on any atom is 0.141 e. The van der Waals surface area contributed by atoms with Gasteiger partial charge in [0.05, 0.1) is 31.6 Å². The van der Waals surface area contributed by atoms with E-state index in [4.69, 9.17) is 9.97 Å². The van der Waals surface area contributed by atoms with Gasteiger partial charge in [0.25, 0.3) is 0 Å². The highest BCUT2D eigenvalue weighted by Gasteiger charge is 2.26. The number of fused-ring (bicyclic) bond motifs is 3. The van der Waals surface area contributed by atoms with Crippen molar-refractivity contribution in [3.8, 4) is 0 Å². The lowest BCUT2D eigenvalue weighted by Crippen LogP contribution is -2.89. The van der Waals surface area contributed by atoms with Gasteiger partial charge in [-0.25, -0.2) is 9.97 Å². The molecule has 1 fully saturated rings. The molecule has 2 aromatic heterocycles. The molecular formula is C16H23N4S+. The van der Waals surface area contributed by atoms with Crippen molar-refractivity contribution in [2.45, 2.75) is 33.1 Å². The second-order valence-corrected chi connectivity index (χ2v) is 7.56. The Kier molecular flexibility index (Phi) is 3.34. The van der Waals surface area contributed by atoms with Crippen molar-refractivity contribution in [1.29, 1.82) is 0 Å². The predicted molar refractivity (Wildman–Crippen MR) is 87.2 cm³/mol. The lowest BCUT2D eigenvalue weighted by Gasteiger charge is -2.27. The molecule has 0 saturated carbocycles. The van der Waals surface area contributed by atoms with Gasteiger partial charge in [0.1, 0.15) is 16.5 Å². The van der Waals surface area contributed by atoms with E-state index in [1.165, 1.54) is 48.4 Å². The predicted octanol–water partition coefficient (Wildman–Crippen LogP) is 1.51. The maximum absolute atomic E-state index is 4.83. The first-order chi connectivity index (χ1) is 10.2. The van der Waals surface area contributed by atoms with Crippen LogP contribution in [0.25, 0.3) is 10.2 Å². The minimum Gasteiger partial charge on any atom is -0.345 e. The van der Waals surface area contributed by atoms with Crippen molar-refractivity contribution in [1.82, 2.24) is 9.97 Å². The van der Waals surface area contributed by atoms with Crippen molar-refractivity contribution < 1.29 is 5.32 Å². The molecule has 0 unspecified atom stereocenters. The monoisotopic (exact) mass is 303 g/mol.